The van der Waals surface area contributed by atoms with Gasteiger partial charge in [0.25, 0.3) is 6.71 Å². The third-order valence-electron chi connectivity index (χ3n) is 19.4. The van der Waals surface area contributed by atoms with Crippen molar-refractivity contribution in [3.63, 3.8) is 0 Å². The second-order valence-corrected chi connectivity index (χ2v) is 27.3. The topological polar surface area (TPSA) is 11.4 Å². The molecule has 14 aromatic carbocycles. The van der Waals surface area contributed by atoms with E-state index in [9.17, 15) is 5.48 Å². The zero-order valence-corrected chi connectivity index (χ0v) is 54.3. The molecule has 4 heteroatoms. The molecule has 2 aliphatic heterocycles. The van der Waals surface area contributed by atoms with E-state index in [-0.39, 0.29) is 46.1 Å². The lowest BCUT2D eigenvalue weighted by molar-refractivity contribution is 0.590. The molecular formula is C92H72BN3. The molecule has 15 aromatic rings. The number of anilines is 6. The van der Waals surface area contributed by atoms with Crippen LogP contribution in [-0.4, -0.2) is 11.3 Å². The van der Waals surface area contributed by atoms with Crippen LogP contribution >= 0.6 is 0 Å². The summed E-state index contributed by atoms with van der Waals surface area (Å²) in [5.41, 5.74) is 22.6. The van der Waals surface area contributed by atoms with E-state index in [1.165, 1.54) is 5.56 Å². The van der Waals surface area contributed by atoms with Gasteiger partial charge < -0.3 is 14.4 Å². The lowest BCUT2D eigenvalue weighted by Crippen LogP contribution is -2.61. The summed E-state index contributed by atoms with van der Waals surface area (Å²) in [4.78, 5) is 4.72. The van der Waals surface area contributed by atoms with Crippen LogP contribution in [0.25, 0.3) is 105 Å². The van der Waals surface area contributed by atoms with Crippen molar-refractivity contribution in [1.82, 2.24) is 4.57 Å². The monoisotopic (exact) mass is 1240 g/mol. The van der Waals surface area contributed by atoms with Crippen molar-refractivity contribution in [2.45, 2.75) is 52.4 Å². The summed E-state index contributed by atoms with van der Waals surface area (Å²) in [6.45, 7) is 12.8. The fourth-order valence-corrected chi connectivity index (χ4v) is 14.7. The smallest absolute Gasteiger partial charge is 0.252 e. The number of nitrogens with zero attached hydrogens (tertiary/aromatic N) is 3. The number of hydrogen-bond acceptors (Lipinski definition) is 2. The van der Waals surface area contributed by atoms with E-state index < -0.39 is 43.0 Å². The first-order valence-electron chi connectivity index (χ1n) is 37.9. The second-order valence-electron chi connectivity index (χ2n) is 27.3. The summed E-state index contributed by atoms with van der Waals surface area (Å²) in [6, 6.07) is 89.6. The van der Waals surface area contributed by atoms with Gasteiger partial charge in [0.15, 0.2) is 0 Å². The maximum Gasteiger partial charge on any atom is 0.252 e. The number of aromatic nitrogens is 1. The predicted molar refractivity (Wildman–Crippen MR) is 410 cm³/mol. The quantitative estimate of drug-likeness (QED) is 0.126. The van der Waals surface area contributed by atoms with Gasteiger partial charge in [-0.15, -0.1) is 0 Å². The van der Waals surface area contributed by atoms with Gasteiger partial charge in [-0.3, -0.25) is 0 Å². The predicted octanol–water partition coefficient (Wildman–Crippen LogP) is 23.1. The summed E-state index contributed by atoms with van der Waals surface area (Å²) in [5, 5.41) is 2.08. The number of benzene rings is 14. The van der Waals surface area contributed by atoms with Crippen LogP contribution in [0.1, 0.15) is 66.4 Å². The van der Waals surface area contributed by atoms with E-state index in [1.54, 1.807) is 0 Å². The summed E-state index contributed by atoms with van der Waals surface area (Å²) >= 11 is 0. The molecule has 17 rings (SSSR count). The first-order valence-corrected chi connectivity index (χ1v) is 32.9. The molecule has 0 amide bonds. The molecule has 0 bridgehead atoms. The summed E-state index contributed by atoms with van der Waals surface area (Å²) in [7, 11) is 0. The molecule has 0 aliphatic carbocycles. The minimum atomic E-state index is -0.618. The zero-order valence-electron chi connectivity index (χ0n) is 64.3. The molecule has 0 radical (unpaired) electrons. The maximum absolute atomic E-state index is 9.62. The SMILES string of the molecule is [2H]c1c([2H])c([2H])c(-c2ccc3c(c2)N(c2cc(-c4ccccc4)cc(-c4ccccc4)c2)c2cc(-c4cccc5c4c4ccccc4n5-c4cccc(C(C)(C)C)c4)cc4c2B3c2ccc(-c3c([2H])c([2H])c([2H])c([2H])c3[2H])cc2N4c2c(-c3ccccc3)cc(C(C)(C)C)cc2-c2ccccc2)c([2H])c1[2H]. The number of para-hydroxylation sites is 1. The highest BCUT2D eigenvalue weighted by Crippen LogP contribution is 2.54. The van der Waals surface area contributed by atoms with Gasteiger partial charge in [0, 0.05) is 56.0 Å². The average Bonchev–Trinajstić information content (AvgIpc) is 0.697. The van der Waals surface area contributed by atoms with Gasteiger partial charge in [-0.2, -0.15) is 0 Å². The van der Waals surface area contributed by atoms with Crippen LogP contribution in [-0.2, 0) is 10.8 Å². The minimum Gasteiger partial charge on any atom is -0.311 e. The Morgan fingerprint density at radius 3 is 1.31 bits per heavy atom. The van der Waals surface area contributed by atoms with Gasteiger partial charge in [0.1, 0.15) is 0 Å². The summed E-state index contributed by atoms with van der Waals surface area (Å²) < 4.78 is 94.7. The Hall–Kier alpha value is -11.5. The minimum absolute atomic E-state index is 0.0609. The molecular weight excluding hydrogens is 1160 g/mol. The fraction of sp³-hybridized carbons (Fsp3) is 0.0870. The van der Waals surface area contributed by atoms with Crippen LogP contribution in [0.3, 0.4) is 0 Å². The van der Waals surface area contributed by atoms with Crippen molar-refractivity contribution in [2.75, 3.05) is 9.80 Å². The highest BCUT2D eigenvalue weighted by molar-refractivity contribution is 7.00. The largest absolute Gasteiger partial charge is 0.311 e. The number of rotatable bonds is 10. The normalized spacial score (nSPS) is 14.1. The Balaban J connectivity index is 1.09. The maximum atomic E-state index is 9.62. The van der Waals surface area contributed by atoms with Crippen molar-refractivity contribution in [1.29, 1.82) is 0 Å². The van der Waals surface area contributed by atoms with E-state index >= 15 is 0 Å². The molecule has 0 saturated heterocycles. The van der Waals surface area contributed by atoms with Crippen LogP contribution in [0.4, 0.5) is 34.1 Å². The molecule has 0 fully saturated rings. The molecule has 0 spiro atoms. The summed E-state index contributed by atoms with van der Waals surface area (Å²) in [6.07, 6.45) is 0. The Morgan fingerprint density at radius 1 is 0.302 bits per heavy atom. The third kappa shape index (κ3) is 10.1. The van der Waals surface area contributed by atoms with Crippen LogP contribution in [0.15, 0.2) is 327 Å². The molecule has 0 unspecified atom stereocenters. The molecule has 3 heterocycles. The van der Waals surface area contributed by atoms with Crippen LogP contribution < -0.4 is 26.2 Å². The zero-order chi connectivity index (χ0) is 73.5. The van der Waals surface area contributed by atoms with Gasteiger partial charge >= 0.3 is 0 Å². The van der Waals surface area contributed by atoms with E-state index in [0.717, 1.165) is 128 Å². The molecule has 2 aliphatic rings. The Morgan fingerprint density at radius 2 is 0.771 bits per heavy atom. The molecule has 1 aromatic heterocycles. The van der Waals surface area contributed by atoms with Crippen molar-refractivity contribution < 1.29 is 13.7 Å². The van der Waals surface area contributed by atoms with Crippen molar-refractivity contribution in [2.24, 2.45) is 0 Å². The van der Waals surface area contributed by atoms with E-state index in [1.807, 2.05) is 72.8 Å². The van der Waals surface area contributed by atoms with Crippen molar-refractivity contribution >= 4 is 79.0 Å². The first-order chi connectivity index (χ1) is 51.0. The Bertz CT molecular complexity index is 5950. The molecule has 3 nitrogen and oxygen atoms in total. The van der Waals surface area contributed by atoms with Gasteiger partial charge in [-0.25, -0.2) is 0 Å². The van der Waals surface area contributed by atoms with Crippen LogP contribution in [0.2, 0.25) is 0 Å². The van der Waals surface area contributed by atoms with Crippen LogP contribution in [0.5, 0.6) is 0 Å². The molecule has 0 saturated carbocycles. The molecule has 96 heavy (non-hydrogen) atoms. The highest BCUT2D eigenvalue weighted by Gasteiger charge is 2.45. The number of hydrogen-bond donors (Lipinski definition) is 0. The fourth-order valence-electron chi connectivity index (χ4n) is 14.7. The lowest BCUT2D eigenvalue weighted by atomic mass is 9.33. The average molecular weight is 1240 g/mol. The van der Waals surface area contributed by atoms with Crippen molar-refractivity contribution in [3.05, 3.63) is 338 Å². The molecule has 458 valence electrons. The lowest BCUT2D eigenvalue weighted by Gasteiger charge is -2.45. The third-order valence-corrected chi connectivity index (χ3v) is 19.4. The van der Waals surface area contributed by atoms with Gasteiger partial charge in [0.2, 0.25) is 0 Å². The van der Waals surface area contributed by atoms with Crippen LogP contribution in [0, 0.1) is 0 Å². The van der Waals surface area contributed by atoms with E-state index in [2.05, 4.69) is 250 Å². The van der Waals surface area contributed by atoms with Gasteiger partial charge in [0.05, 0.1) is 30.4 Å². The second kappa shape index (κ2) is 23.2. The Labute approximate surface area is 578 Å². The Kier molecular flexibility index (Phi) is 11.7. The molecule has 0 N–H and O–H groups in total. The summed E-state index contributed by atoms with van der Waals surface area (Å²) in [5.74, 6) is 0. The van der Waals surface area contributed by atoms with Gasteiger partial charge in [-0.05, 0) is 184 Å². The number of fused-ring (bicyclic) bond motifs is 7. The molecule has 0 atom stereocenters. The van der Waals surface area contributed by atoms with E-state index in [4.69, 9.17) is 8.22 Å². The highest BCUT2D eigenvalue weighted by atomic mass is 15.2. The van der Waals surface area contributed by atoms with E-state index in [0.29, 0.717) is 22.5 Å². The standard InChI is InChI=1S/C92H72BN3/c1-91(2,3)72-41-27-42-74(58-72)94-82-45-26-25-43-77(82)88-76(44-28-46-83(88)94)71-56-86-89-87(57-71)96(90-78(65-37-21-11-22-38-65)59-73(92(4,5)6)60-79(90)66-39-23-12-24-40-66)85-55-68(62-31-15-8-16-32-62)48-50-81(85)93(89)80-49-47-67(61-29-13-7-14-30-61)54-84(80)95(86)75-52-69(63-33-17-9-18-34-63)51-70(53-75)64-35-19-10-20-36-64/h7-60H,1-6H3/i7D,8D,13D,14D,15D,16D,29D,30D,31D,32D. The first kappa shape index (κ1) is 48.3. The van der Waals surface area contributed by atoms with Crippen molar-refractivity contribution in [3.8, 4) is 83.6 Å². The van der Waals surface area contributed by atoms with Gasteiger partial charge in [-0.1, -0.05) is 290 Å².